The van der Waals surface area contributed by atoms with Gasteiger partial charge in [0.05, 0.1) is 11.0 Å². The van der Waals surface area contributed by atoms with Crippen molar-refractivity contribution < 1.29 is 13.2 Å². The first kappa shape index (κ1) is 14.0. The maximum atomic E-state index is 12.2. The lowest BCUT2D eigenvalue weighted by Crippen LogP contribution is -2.40. The summed E-state index contributed by atoms with van der Waals surface area (Å²) in [5.74, 6) is 0. The van der Waals surface area contributed by atoms with E-state index < -0.39 is 10.0 Å². The fraction of sp³-hybridized carbons (Fsp3) is 0.500. The monoisotopic (exact) mass is 333 g/mol. The van der Waals surface area contributed by atoms with Gasteiger partial charge in [0.1, 0.15) is 0 Å². The van der Waals surface area contributed by atoms with Crippen molar-refractivity contribution in [2.45, 2.75) is 36.8 Å². The van der Waals surface area contributed by atoms with Gasteiger partial charge in [-0.15, -0.1) is 0 Å². The minimum atomic E-state index is -3.50. The lowest BCUT2D eigenvalue weighted by atomic mass is 10.1. The molecule has 1 saturated heterocycles. The van der Waals surface area contributed by atoms with Crippen LogP contribution in [0.3, 0.4) is 0 Å². The second kappa shape index (κ2) is 5.69. The molecule has 4 nitrogen and oxygen atoms in total. The number of benzene rings is 1. The van der Waals surface area contributed by atoms with Gasteiger partial charge < -0.3 is 4.74 Å². The SMILES string of the molecule is C[C@H](NS(=O)(=O)c1ccccc1Br)[C@H]1CCCO1. The van der Waals surface area contributed by atoms with Crippen molar-refractivity contribution in [2.24, 2.45) is 0 Å². The van der Waals surface area contributed by atoms with E-state index in [4.69, 9.17) is 4.74 Å². The molecule has 0 amide bonds. The molecule has 0 bridgehead atoms. The molecule has 1 N–H and O–H groups in total. The molecule has 1 aliphatic heterocycles. The first-order valence-corrected chi connectivity index (χ1v) is 8.17. The molecule has 0 aromatic heterocycles. The van der Waals surface area contributed by atoms with E-state index in [1.807, 2.05) is 6.92 Å². The van der Waals surface area contributed by atoms with E-state index in [2.05, 4.69) is 20.7 Å². The van der Waals surface area contributed by atoms with Crippen molar-refractivity contribution in [1.82, 2.24) is 4.72 Å². The molecule has 1 aromatic carbocycles. The Bertz CT molecular complexity index is 512. The summed E-state index contributed by atoms with van der Waals surface area (Å²) in [5, 5.41) is 0. The summed E-state index contributed by atoms with van der Waals surface area (Å²) in [7, 11) is -3.50. The van der Waals surface area contributed by atoms with Gasteiger partial charge in [-0.1, -0.05) is 12.1 Å². The molecular formula is C12H16BrNO3S. The number of hydrogen-bond donors (Lipinski definition) is 1. The lowest BCUT2D eigenvalue weighted by molar-refractivity contribution is 0.0902. The van der Waals surface area contributed by atoms with Crippen molar-refractivity contribution in [3.8, 4) is 0 Å². The summed E-state index contributed by atoms with van der Waals surface area (Å²) in [4.78, 5) is 0.259. The van der Waals surface area contributed by atoms with Gasteiger partial charge in [-0.2, -0.15) is 0 Å². The fourth-order valence-electron chi connectivity index (χ4n) is 2.04. The Morgan fingerprint density at radius 2 is 2.17 bits per heavy atom. The number of rotatable bonds is 4. The molecule has 0 aliphatic carbocycles. The van der Waals surface area contributed by atoms with Crippen LogP contribution in [-0.2, 0) is 14.8 Å². The summed E-state index contributed by atoms with van der Waals surface area (Å²) in [6.45, 7) is 2.55. The molecule has 0 unspecified atom stereocenters. The van der Waals surface area contributed by atoms with Crippen LogP contribution >= 0.6 is 15.9 Å². The van der Waals surface area contributed by atoms with Gasteiger partial charge in [-0.25, -0.2) is 13.1 Å². The van der Waals surface area contributed by atoms with Crippen LogP contribution in [0.25, 0.3) is 0 Å². The van der Waals surface area contributed by atoms with Gasteiger partial charge in [0.15, 0.2) is 0 Å². The van der Waals surface area contributed by atoms with Crippen molar-refractivity contribution in [3.05, 3.63) is 28.7 Å². The molecule has 2 rings (SSSR count). The highest BCUT2D eigenvalue weighted by atomic mass is 79.9. The third-order valence-electron chi connectivity index (χ3n) is 2.99. The van der Waals surface area contributed by atoms with Crippen molar-refractivity contribution in [3.63, 3.8) is 0 Å². The Hall–Kier alpha value is -0.430. The van der Waals surface area contributed by atoms with Crippen molar-refractivity contribution in [2.75, 3.05) is 6.61 Å². The quantitative estimate of drug-likeness (QED) is 0.919. The van der Waals surface area contributed by atoms with Gasteiger partial charge >= 0.3 is 0 Å². The largest absolute Gasteiger partial charge is 0.377 e. The smallest absolute Gasteiger partial charge is 0.242 e. The number of ether oxygens (including phenoxy) is 1. The Kier molecular flexibility index (Phi) is 4.42. The van der Waals surface area contributed by atoms with Crippen LogP contribution in [0, 0.1) is 0 Å². The fourth-order valence-corrected chi connectivity index (χ4v) is 4.32. The summed E-state index contributed by atoms with van der Waals surface area (Å²) < 4.78 is 33.2. The first-order chi connectivity index (χ1) is 8.50. The standard InChI is InChI=1S/C12H16BrNO3S/c1-9(11-6-4-8-17-11)14-18(15,16)12-7-3-2-5-10(12)13/h2-3,5,7,9,11,14H,4,6,8H2,1H3/t9-,11+/m0/s1. The van der Waals surface area contributed by atoms with E-state index >= 15 is 0 Å². The van der Waals surface area contributed by atoms with E-state index in [0.717, 1.165) is 12.8 Å². The molecule has 2 atom stereocenters. The highest BCUT2D eigenvalue weighted by Gasteiger charge is 2.27. The molecule has 18 heavy (non-hydrogen) atoms. The minimum absolute atomic E-state index is 0.0257. The van der Waals surface area contributed by atoms with Gasteiger partial charge in [-0.05, 0) is 47.8 Å². The van der Waals surface area contributed by atoms with E-state index in [9.17, 15) is 8.42 Å². The van der Waals surface area contributed by atoms with Crippen LogP contribution in [-0.4, -0.2) is 27.2 Å². The lowest BCUT2D eigenvalue weighted by Gasteiger charge is -2.20. The van der Waals surface area contributed by atoms with E-state index in [1.54, 1.807) is 24.3 Å². The average Bonchev–Trinajstić information content (AvgIpc) is 2.82. The molecule has 1 aliphatic rings. The van der Waals surface area contributed by atoms with Gasteiger partial charge in [0, 0.05) is 17.1 Å². The Morgan fingerprint density at radius 3 is 2.78 bits per heavy atom. The second-order valence-corrected chi connectivity index (χ2v) is 6.93. The predicted molar refractivity (Wildman–Crippen MR) is 72.9 cm³/mol. The molecule has 0 spiro atoms. The average molecular weight is 334 g/mol. The number of sulfonamides is 1. The normalized spacial score (nSPS) is 22.0. The van der Waals surface area contributed by atoms with Crippen LogP contribution < -0.4 is 4.72 Å². The van der Waals surface area contributed by atoms with E-state index in [0.29, 0.717) is 11.1 Å². The molecule has 1 fully saturated rings. The van der Waals surface area contributed by atoms with Gasteiger partial charge in [0.25, 0.3) is 0 Å². The summed E-state index contributed by atoms with van der Waals surface area (Å²) in [6, 6.07) is 6.56. The zero-order chi connectivity index (χ0) is 13.2. The molecule has 1 aromatic rings. The van der Waals surface area contributed by atoms with Crippen LogP contribution in [0.5, 0.6) is 0 Å². The molecule has 0 saturated carbocycles. The molecule has 1 heterocycles. The Labute approximate surface area is 116 Å². The first-order valence-electron chi connectivity index (χ1n) is 5.89. The number of halogens is 1. The van der Waals surface area contributed by atoms with E-state index in [-0.39, 0.29) is 17.0 Å². The second-order valence-electron chi connectivity index (χ2n) is 4.39. The predicted octanol–water partition coefficient (Wildman–Crippen LogP) is 2.29. The molecular weight excluding hydrogens is 318 g/mol. The summed E-state index contributed by atoms with van der Waals surface area (Å²) in [6.07, 6.45) is 1.87. The molecule has 0 radical (unpaired) electrons. The third-order valence-corrected chi connectivity index (χ3v) is 5.56. The topological polar surface area (TPSA) is 55.4 Å². The van der Waals surface area contributed by atoms with Gasteiger partial charge in [0.2, 0.25) is 10.0 Å². The molecule has 6 heteroatoms. The highest BCUT2D eigenvalue weighted by Crippen LogP contribution is 2.22. The van der Waals surface area contributed by atoms with Crippen LogP contribution in [0.15, 0.2) is 33.6 Å². The number of hydrogen-bond acceptors (Lipinski definition) is 3. The Morgan fingerprint density at radius 1 is 1.44 bits per heavy atom. The summed E-state index contributed by atoms with van der Waals surface area (Å²) >= 11 is 3.26. The minimum Gasteiger partial charge on any atom is -0.377 e. The van der Waals surface area contributed by atoms with Gasteiger partial charge in [-0.3, -0.25) is 0 Å². The third kappa shape index (κ3) is 3.12. The zero-order valence-corrected chi connectivity index (χ0v) is 12.5. The zero-order valence-electron chi connectivity index (χ0n) is 10.1. The number of nitrogens with one attached hydrogen (secondary N) is 1. The van der Waals surface area contributed by atoms with Crippen LogP contribution in [0.4, 0.5) is 0 Å². The highest BCUT2D eigenvalue weighted by molar-refractivity contribution is 9.10. The molecule has 100 valence electrons. The Balaban J connectivity index is 2.14. The maximum absolute atomic E-state index is 12.2. The van der Waals surface area contributed by atoms with E-state index in [1.165, 1.54) is 0 Å². The van der Waals surface area contributed by atoms with Crippen molar-refractivity contribution in [1.29, 1.82) is 0 Å². The maximum Gasteiger partial charge on any atom is 0.242 e. The summed E-state index contributed by atoms with van der Waals surface area (Å²) in [5.41, 5.74) is 0. The van der Waals surface area contributed by atoms with Crippen LogP contribution in [0.1, 0.15) is 19.8 Å². The van der Waals surface area contributed by atoms with Crippen LogP contribution in [0.2, 0.25) is 0 Å². The van der Waals surface area contributed by atoms with Crippen molar-refractivity contribution >= 4 is 26.0 Å².